The van der Waals surface area contributed by atoms with Crippen molar-refractivity contribution in [3.63, 3.8) is 0 Å². The van der Waals surface area contributed by atoms with Crippen LogP contribution in [-0.2, 0) is 24.4 Å². The maximum absolute atomic E-state index is 13.0. The molecule has 3 aromatic rings. The van der Waals surface area contributed by atoms with E-state index in [1.807, 2.05) is 58.0 Å². The van der Waals surface area contributed by atoms with Crippen LogP contribution in [0.15, 0.2) is 41.2 Å². The minimum atomic E-state index is -0.448. The van der Waals surface area contributed by atoms with Gasteiger partial charge in [0.25, 0.3) is 5.91 Å². The number of anilines is 1. The number of carbonyl (C=O) groups excluding carboxylic acids is 2. The summed E-state index contributed by atoms with van der Waals surface area (Å²) in [6.07, 6.45) is 0. The number of carbonyl (C=O) groups is 2. The van der Waals surface area contributed by atoms with Gasteiger partial charge >= 0.3 is 5.69 Å². The predicted molar refractivity (Wildman–Crippen MR) is 122 cm³/mol. The van der Waals surface area contributed by atoms with Crippen molar-refractivity contribution in [1.82, 2.24) is 19.2 Å². The van der Waals surface area contributed by atoms with Gasteiger partial charge in [0.15, 0.2) is 0 Å². The van der Waals surface area contributed by atoms with Crippen molar-refractivity contribution in [3.8, 4) is 0 Å². The zero-order valence-corrected chi connectivity index (χ0v) is 18.8. The summed E-state index contributed by atoms with van der Waals surface area (Å²) in [4.78, 5) is 40.0. The molecule has 0 bridgehead atoms. The van der Waals surface area contributed by atoms with Gasteiger partial charge in [0.05, 0.1) is 0 Å². The molecule has 32 heavy (non-hydrogen) atoms. The maximum Gasteiger partial charge on any atom is 0.346 e. The van der Waals surface area contributed by atoms with E-state index in [0.717, 1.165) is 32.5 Å². The number of nitrogens with zero attached hydrogens (tertiary/aromatic N) is 4. The molecular weight excluding hydrogens is 406 g/mol. The molecule has 1 aliphatic heterocycles. The van der Waals surface area contributed by atoms with Crippen LogP contribution < -0.4 is 11.0 Å². The normalized spacial score (nSPS) is 13.2. The summed E-state index contributed by atoms with van der Waals surface area (Å²) in [7, 11) is 0. The minimum absolute atomic E-state index is 0.0751. The molecule has 0 saturated heterocycles. The zero-order chi connectivity index (χ0) is 23.0. The van der Waals surface area contributed by atoms with Gasteiger partial charge in [-0.15, -0.1) is 5.10 Å². The minimum Gasteiger partial charge on any atom is -0.330 e. The van der Waals surface area contributed by atoms with Gasteiger partial charge in [0.2, 0.25) is 11.7 Å². The molecule has 8 nitrogen and oxygen atoms in total. The third-order valence-corrected chi connectivity index (χ3v) is 6.03. The van der Waals surface area contributed by atoms with Gasteiger partial charge in [-0.1, -0.05) is 35.9 Å². The van der Waals surface area contributed by atoms with Crippen molar-refractivity contribution in [3.05, 3.63) is 80.5 Å². The van der Waals surface area contributed by atoms with E-state index in [1.54, 1.807) is 4.90 Å². The number of aromatic nitrogens is 3. The topological polar surface area (TPSA) is 89.2 Å². The number of benzene rings is 2. The molecule has 0 spiro atoms. The van der Waals surface area contributed by atoms with Crippen molar-refractivity contribution in [1.29, 1.82) is 0 Å². The first-order chi connectivity index (χ1) is 15.2. The summed E-state index contributed by atoms with van der Waals surface area (Å²) >= 11 is 0. The number of hydrogen-bond acceptors (Lipinski definition) is 4. The molecular formula is C24H27N5O3. The SMILES string of the molecule is Cc1ccc(C)c(CN2CCn3c(nn(CC(=O)Nc4cccc(C)c4C)c3=O)C2=O)c1. The highest BCUT2D eigenvalue weighted by molar-refractivity contribution is 5.92. The van der Waals surface area contributed by atoms with Gasteiger partial charge in [-0.2, -0.15) is 0 Å². The van der Waals surface area contributed by atoms with Crippen molar-refractivity contribution < 1.29 is 9.59 Å². The van der Waals surface area contributed by atoms with E-state index in [1.165, 1.54) is 4.57 Å². The molecule has 1 aromatic heterocycles. The van der Waals surface area contributed by atoms with Crippen LogP contribution in [0.3, 0.4) is 0 Å². The number of hydrogen-bond donors (Lipinski definition) is 1. The molecule has 0 fully saturated rings. The second-order valence-corrected chi connectivity index (χ2v) is 8.37. The van der Waals surface area contributed by atoms with Gasteiger partial charge in [-0.25, -0.2) is 9.48 Å². The number of amides is 2. The highest BCUT2D eigenvalue weighted by atomic mass is 16.2. The van der Waals surface area contributed by atoms with Crippen molar-refractivity contribution in [2.24, 2.45) is 0 Å². The molecule has 0 radical (unpaired) electrons. The van der Waals surface area contributed by atoms with Crippen LogP contribution in [0.25, 0.3) is 0 Å². The van der Waals surface area contributed by atoms with Crippen LogP contribution in [0.4, 0.5) is 5.69 Å². The largest absolute Gasteiger partial charge is 0.346 e. The first kappa shape index (κ1) is 21.5. The average molecular weight is 434 g/mol. The van der Waals surface area contributed by atoms with E-state index < -0.39 is 5.69 Å². The molecule has 2 aromatic carbocycles. The molecule has 1 aliphatic rings. The fraction of sp³-hybridized carbons (Fsp3) is 0.333. The molecule has 2 heterocycles. The second-order valence-electron chi connectivity index (χ2n) is 8.37. The molecule has 0 aliphatic carbocycles. The molecule has 1 N–H and O–H groups in total. The Bertz CT molecular complexity index is 1270. The standard InChI is InChI=1S/C24H27N5O3/c1-15-8-9-17(3)19(12-15)13-27-10-11-28-22(23(27)31)26-29(24(28)32)14-21(30)25-20-7-5-6-16(2)18(20)4/h5-9,12H,10-11,13-14H2,1-4H3,(H,25,30). The smallest absolute Gasteiger partial charge is 0.330 e. The third kappa shape index (κ3) is 4.08. The van der Waals surface area contributed by atoms with E-state index in [-0.39, 0.29) is 24.2 Å². The Morgan fingerprint density at radius 3 is 2.59 bits per heavy atom. The lowest BCUT2D eigenvalue weighted by Gasteiger charge is -2.27. The molecule has 4 rings (SSSR count). The summed E-state index contributed by atoms with van der Waals surface area (Å²) in [5, 5.41) is 7.03. The van der Waals surface area contributed by atoms with Crippen molar-refractivity contribution in [2.45, 2.75) is 47.3 Å². The molecule has 2 amide bonds. The van der Waals surface area contributed by atoms with E-state index >= 15 is 0 Å². The Morgan fingerprint density at radius 1 is 1.03 bits per heavy atom. The van der Waals surface area contributed by atoms with Gasteiger partial charge in [-0.3, -0.25) is 14.2 Å². The number of nitrogens with one attached hydrogen (secondary N) is 1. The van der Waals surface area contributed by atoms with Gasteiger partial charge in [0.1, 0.15) is 6.54 Å². The highest BCUT2D eigenvalue weighted by Crippen LogP contribution is 2.19. The lowest BCUT2D eigenvalue weighted by Crippen LogP contribution is -2.42. The quantitative estimate of drug-likeness (QED) is 0.670. The molecule has 0 atom stereocenters. The summed E-state index contributed by atoms with van der Waals surface area (Å²) in [5.41, 5.74) is 5.59. The summed E-state index contributed by atoms with van der Waals surface area (Å²) in [6.45, 7) is 8.90. The van der Waals surface area contributed by atoms with E-state index in [0.29, 0.717) is 25.3 Å². The zero-order valence-electron chi connectivity index (χ0n) is 18.8. The summed E-state index contributed by atoms with van der Waals surface area (Å²) < 4.78 is 2.42. The lowest BCUT2D eigenvalue weighted by atomic mass is 10.0. The predicted octanol–water partition coefficient (Wildman–Crippen LogP) is 2.57. The Balaban J connectivity index is 1.51. The monoisotopic (exact) mass is 433 g/mol. The average Bonchev–Trinajstić information content (AvgIpc) is 3.06. The number of fused-ring (bicyclic) bond motifs is 1. The Labute approximate surface area is 186 Å². The van der Waals surface area contributed by atoms with E-state index in [4.69, 9.17) is 0 Å². The first-order valence-electron chi connectivity index (χ1n) is 10.6. The molecule has 8 heteroatoms. The van der Waals surface area contributed by atoms with Crippen LogP contribution in [-0.4, -0.2) is 37.6 Å². The summed E-state index contributed by atoms with van der Waals surface area (Å²) in [6, 6.07) is 11.8. The Morgan fingerprint density at radius 2 is 1.81 bits per heavy atom. The fourth-order valence-corrected chi connectivity index (χ4v) is 3.91. The first-order valence-corrected chi connectivity index (χ1v) is 10.6. The van der Waals surface area contributed by atoms with Crippen molar-refractivity contribution >= 4 is 17.5 Å². The van der Waals surface area contributed by atoms with Gasteiger partial charge in [0, 0.05) is 25.3 Å². The molecule has 0 unspecified atom stereocenters. The molecule has 0 saturated carbocycles. The van der Waals surface area contributed by atoms with Crippen LogP contribution in [0.2, 0.25) is 0 Å². The Hall–Kier alpha value is -3.68. The summed E-state index contributed by atoms with van der Waals surface area (Å²) in [5.74, 6) is -0.593. The molecule has 166 valence electrons. The van der Waals surface area contributed by atoms with Crippen LogP contribution >= 0.6 is 0 Å². The van der Waals surface area contributed by atoms with E-state index in [9.17, 15) is 14.4 Å². The van der Waals surface area contributed by atoms with Crippen LogP contribution in [0.1, 0.15) is 38.4 Å². The highest BCUT2D eigenvalue weighted by Gasteiger charge is 2.30. The van der Waals surface area contributed by atoms with E-state index in [2.05, 4.69) is 16.5 Å². The van der Waals surface area contributed by atoms with Crippen molar-refractivity contribution in [2.75, 3.05) is 11.9 Å². The second kappa shape index (κ2) is 8.45. The third-order valence-electron chi connectivity index (χ3n) is 6.03. The number of aryl methyl sites for hydroxylation is 3. The number of rotatable bonds is 5. The lowest BCUT2D eigenvalue weighted by molar-refractivity contribution is -0.117. The van der Waals surface area contributed by atoms with Crippen LogP contribution in [0.5, 0.6) is 0 Å². The van der Waals surface area contributed by atoms with Gasteiger partial charge in [-0.05, 0) is 56.0 Å². The Kier molecular flexibility index (Phi) is 5.69. The van der Waals surface area contributed by atoms with Gasteiger partial charge < -0.3 is 10.2 Å². The fourth-order valence-electron chi connectivity index (χ4n) is 3.91. The van der Waals surface area contributed by atoms with Crippen LogP contribution in [0, 0.1) is 27.7 Å². The maximum atomic E-state index is 13.0.